The van der Waals surface area contributed by atoms with Crippen molar-refractivity contribution in [2.75, 3.05) is 5.75 Å². The van der Waals surface area contributed by atoms with E-state index in [0.717, 1.165) is 12.8 Å². The van der Waals surface area contributed by atoms with Gasteiger partial charge in [0, 0.05) is 0 Å². The number of aliphatic carboxylic acids is 1. The molecule has 0 aromatic rings. The quantitative estimate of drug-likeness (QED) is 0.284. The molecule has 7 nitrogen and oxygen atoms in total. The molecule has 0 bridgehead atoms. The summed E-state index contributed by atoms with van der Waals surface area (Å²) < 4.78 is 0. The fraction of sp³-hybridized carbons (Fsp3) is 0.692. The molecule has 22 heavy (non-hydrogen) atoms. The van der Waals surface area contributed by atoms with Gasteiger partial charge < -0.3 is 15.5 Å². The standard InChI is InChI=1S/C11H18N2O3.C2H4O2S.Na/c1-4-6-7(3)11(5-2)8(14)12-10(16)13-9(11)15;3-2(4)1-5;/h7H,4-6H2,1-3H3,(H2,12,13,14,15,16);5H,1H2,(H,3,4);/q;;+1/p-1. The second-order valence-electron chi connectivity index (χ2n) is 4.74. The summed E-state index contributed by atoms with van der Waals surface area (Å²) >= 11 is 3.42. The van der Waals surface area contributed by atoms with E-state index in [4.69, 9.17) is 5.11 Å². The van der Waals surface area contributed by atoms with Gasteiger partial charge in [0.15, 0.2) is 0 Å². The van der Waals surface area contributed by atoms with Crippen molar-refractivity contribution >= 4 is 36.4 Å². The summed E-state index contributed by atoms with van der Waals surface area (Å²) in [5.41, 5.74) is -1.15. The van der Waals surface area contributed by atoms with Crippen molar-refractivity contribution in [1.82, 2.24) is 5.32 Å². The molecule has 2 unspecified atom stereocenters. The van der Waals surface area contributed by atoms with Crippen LogP contribution in [-0.2, 0) is 14.4 Å². The Hall–Kier alpha value is -0.570. The van der Waals surface area contributed by atoms with Gasteiger partial charge in [0.2, 0.25) is 5.91 Å². The topological polar surface area (TPSA) is 119 Å². The van der Waals surface area contributed by atoms with Crippen LogP contribution in [0.3, 0.4) is 0 Å². The van der Waals surface area contributed by atoms with Crippen molar-refractivity contribution in [3.8, 4) is 0 Å². The number of carboxylic acid groups (broad SMARTS) is 1. The first-order valence-electron chi connectivity index (χ1n) is 6.70. The summed E-state index contributed by atoms with van der Waals surface area (Å²) in [6.07, 6.45) is 2.02. The number of carbonyl (C=O) groups excluding carboxylic acids is 2. The Kier molecular flexibility index (Phi) is 11.9. The second kappa shape index (κ2) is 11.0. The maximum Gasteiger partial charge on any atom is 1.00 e. The maximum atomic E-state index is 11.9. The Bertz CT molecular complexity index is 444. The van der Waals surface area contributed by atoms with E-state index in [0.29, 0.717) is 6.42 Å². The van der Waals surface area contributed by atoms with Gasteiger partial charge >= 0.3 is 35.5 Å². The molecule has 1 aliphatic rings. The average molecular weight is 340 g/mol. The van der Waals surface area contributed by atoms with Crippen molar-refractivity contribution in [2.45, 2.75) is 40.0 Å². The van der Waals surface area contributed by atoms with Gasteiger partial charge in [-0.25, -0.2) is 4.99 Å². The van der Waals surface area contributed by atoms with Crippen LogP contribution in [0, 0.1) is 11.3 Å². The number of aliphatic imine (C=N–C) groups is 1. The molecule has 0 spiro atoms. The monoisotopic (exact) mass is 340 g/mol. The number of nitrogens with one attached hydrogen (secondary N) is 1. The number of hydrogen-bond acceptors (Lipinski definition) is 5. The zero-order valence-corrected chi connectivity index (χ0v) is 16.3. The Balaban J connectivity index is 0. The van der Waals surface area contributed by atoms with E-state index in [1.54, 1.807) is 6.92 Å². The van der Waals surface area contributed by atoms with E-state index in [1.807, 2.05) is 13.8 Å². The molecule has 0 aliphatic carbocycles. The van der Waals surface area contributed by atoms with Crippen LogP contribution in [0.25, 0.3) is 0 Å². The van der Waals surface area contributed by atoms with Crippen LogP contribution in [0.5, 0.6) is 0 Å². The summed E-state index contributed by atoms with van der Waals surface area (Å²) in [5, 5.41) is 20.7. The molecular formula is C13H21N2NaO5S. The van der Waals surface area contributed by atoms with Crippen molar-refractivity contribution in [2.24, 2.45) is 16.3 Å². The zero-order chi connectivity index (χ0) is 16.6. The number of nitrogens with zero attached hydrogens (tertiary/aromatic N) is 1. The minimum Gasteiger partial charge on any atom is -0.846 e. The average Bonchev–Trinajstić information content (AvgIpc) is 2.39. The summed E-state index contributed by atoms with van der Waals surface area (Å²) in [5.74, 6) is -2.16. The van der Waals surface area contributed by atoms with E-state index >= 15 is 0 Å². The predicted molar refractivity (Wildman–Crippen MR) is 78.9 cm³/mol. The van der Waals surface area contributed by atoms with Crippen molar-refractivity contribution in [1.29, 1.82) is 0 Å². The normalized spacial score (nSPS) is 21.5. The molecule has 120 valence electrons. The Labute approximate surface area is 157 Å². The molecule has 0 radical (unpaired) electrons. The van der Waals surface area contributed by atoms with Gasteiger partial charge in [-0.2, -0.15) is 12.6 Å². The fourth-order valence-corrected chi connectivity index (χ4v) is 2.30. The van der Waals surface area contributed by atoms with Gasteiger partial charge in [-0.05, 0) is 18.8 Å². The third-order valence-corrected chi connectivity index (χ3v) is 3.74. The molecule has 0 aromatic carbocycles. The summed E-state index contributed by atoms with van der Waals surface area (Å²) in [6, 6.07) is -0.845. The predicted octanol–water partition coefficient (Wildman–Crippen LogP) is -2.80. The number of hydrogen-bond donors (Lipinski definition) is 3. The molecule has 2 N–H and O–H groups in total. The molecule has 2 atom stereocenters. The number of amidine groups is 1. The van der Waals surface area contributed by atoms with Crippen LogP contribution in [0.15, 0.2) is 4.99 Å². The number of rotatable bonds is 5. The van der Waals surface area contributed by atoms with Crippen LogP contribution >= 0.6 is 12.6 Å². The number of carbonyl (C=O) groups is 3. The molecular weight excluding hydrogens is 319 g/mol. The van der Waals surface area contributed by atoms with Crippen LogP contribution in [0.1, 0.15) is 40.0 Å². The van der Waals surface area contributed by atoms with Crippen LogP contribution in [-0.4, -0.2) is 34.7 Å². The van der Waals surface area contributed by atoms with Gasteiger partial charge in [0.25, 0.3) is 5.91 Å². The minimum atomic E-state index is -1.15. The molecule has 1 aliphatic heterocycles. The summed E-state index contributed by atoms with van der Waals surface area (Å²) in [7, 11) is 0. The first-order chi connectivity index (χ1) is 9.75. The molecule has 1 rings (SSSR count). The van der Waals surface area contributed by atoms with Crippen LogP contribution < -0.4 is 40.0 Å². The van der Waals surface area contributed by atoms with E-state index in [9.17, 15) is 19.5 Å². The number of amides is 2. The van der Waals surface area contributed by atoms with E-state index in [1.165, 1.54) is 0 Å². The fourth-order valence-electron chi connectivity index (χ4n) is 2.30. The van der Waals surface area contributed by atoms with Crippen molar-refractivity contribution in [3.05, 3.63) is 0 Å². The maximum absolute atomic E-state index is 11.9. The van der Waals surface area contributed by atoms with Gasteiger partial charge in [-0.15, -0.1) is 0 Å². The Morgan fingerprint density at radius 1 is 1.45 bits per heavy atom. The molecule has 9 heteroatoms. The smallest absolute Gasteiger partial charge is 0.846 e. The second-order valence-corrected chi connectivity index (χ2v) is 5.06. The summed E-state index contributed by atoms with van der Waals surface area (Å²) in [4.78, 5) is 36.4. The Morgan fingerprint density at radius 3 is 2.27 bits per heavy atom. The summed E-state index contributed by atoms with van der Waals surface area (Å²) in [6.45, 7) is 5.62. The molecule has 1 heterocycles. The van der Waals surface area contributed by atoms with Gasteiger partial charge in [-0.1, -0.05) is 27.2 Å². The van der Waals surface area contributed by atoms with Gasteiger partial charge in [0.05, 0.1) is 11.8 Å². The third-order valence-electron chi connectivity index (χ3n) is 3.47. The van der Waals surface area contributed by atoms with Crippen molar-refractivity contribution in [3.63, 3.8) is 0 Å². The SMILES string of the molecule is CCCC(C)C1(CC)C(=O)N=C([O-])NC1=O.O=C(O)CS.[Na+]. The van der Waals surface area contributed by atoms with Crippen LogP contribution in [0.4, 0.5) is 0 Å². The van der Waals surface area contributed by atoms with E-state index in [2.05, 4.69) is 22.9 Å². The molecule has 0 saturated heterocycles. The minimum absolute atomic E-state index is 0. The van der Waals surface area contributed by atoms with Gasteiger partial charge in [0.1, 0.15) is 5.41 Å². The molecule has 0 fully saturated rings. The van der Waals surface area contributed by atoms with Crippen molar-refractivity contribution < 1.29 is 54.2 Å². The number of carboxylic acids is 1. The van der Waals surface area contributed by atoms with E-state index in [-0.39, 0.29) is 41.2 Å². The largest absolute Gasteiger partial charge is 1.00 e. The molecule has 0 saturated carbocycles. The van der Waals surface area contributed by atoms with Crippen LogP contribution in [0.2, 0.25) is 0 Å². The zero-order valence-electron chi connectivity index (χ0n) is 13.4. The number of thiol groups is 1. The first kappa shape index (κ1) is 23.7. The van der Waals surface area contributed by atoms with E-state index < -0.39 is 29.2 Å². The third kappa shape index (κ3) is 5.91. The first-order valence-corrected chi connectivity index (χ1v) is 7.33. The van der Waals surface area contributed by atoms with Gasteiger partial charge in [-0.3, -0.25) is 14.4 Å². The Morgan fingerprint density at radius 2 is 1.95 bits per heavy atom. The molecule has 2 amide bonds. The molecule has 0 aromatic heterocycles.